The molecule has 1 radical (unpaired) electrons. The van der Waals surface area contributed by atoms with E-state index < -0.39 is 0 Å². The summed E-state index contributed by atoms with van der Waals surface area (Å²) in [5.74, 6) is 0.770. The first-order valence-electron chi connectivity index (χ1n) is 5.30. The number of hydrogen-bond acceptors (Lipinski definition) is 3. The SMILES string of the molecule is [c]1cccc(OCn2nnc3ccccc32)c1. The molecular weight excluding hydrogens is 214 g/mol. The maximum Gasteiger partial charge on any atom is 0.183 e. The Morgan fingerprint density at radius 3 is 3.00 bits per heavy atom. The monoisotopic (exact) mass is 224 g/mol. The van der Waals surface area contributed by atoms with Crippen molar-refractivity contribution in [2.45, 2.75) is 6.73 Å². The molecule has 0 fully saturated rings. The van der Waals surface area contributed by atoms with Gasteiger partial charge in [-0.1, -0.05) is 29.5 Å². The second-order valence-corrected chi connectivity index (χ2v) is 3.59. The van der Waals surface area contributed by atoms with Crippen LogP contribution < -0.4 is 4.74 Å². The maximum atomic E-state index is 5.59. The van der Waals surface area contributed by atoms with Gasteiger partial charge in [0.25, 0.3) is 0 Å². The maximum absolute atomic E-state index is 5.59. The Hall–Kier alpha value is -2.36. The Bertz CT molecular complexity index is 619. The van der Waals surface area contributed by atoms with E-state index in [-0.39, 0.29) is 0 Å². The van der Waals surface area contributed by atoms with Crippen LogP contribution in [0.5, 0.6) is 5.75 Å². The van der Waals surface area contributed by atoms with Crippen molar-refractivity contribution in [3.8, 4) is 5.75 Å². The quantitative estimate of drug-likeness (QED) is 0.685. The molecule has 4 heteroatoms. The van der Waals surface area contributed by atoms with Crippen molar-refractivity contribution in [3.05, 3.63) is 54.6 Å². The molecule has 1 heterocycles. The van der Waals surface area contributed by atoms with Gasteiger partial charge >= 0.3 is 0 Å². The Morgan fingerprint density at radius 2 is 2.12 bits per heavy atom. The van der Waals surface area contributed by atoms with Crippen molar-refractivity contribution in [2.75, 3.05) is 0 Å². The van der Waals surface area contributed by atoms with Crippen molar-refractivity contribution >= 4 is 11.0 Å². The highest BCUT2D eigenvalue weighted by Gasteiger charge is 2.02. The van der Waals surface area contributed by atoms with Gasteiger partial charge in [0.1, 0.15) is 11.3 Å². The summed E-state index contributed by atoms with van der Waals surface area (Å²) >= 11 is 0. The van der Waals surface area contributed by atoms with Crippen LogP contribution in [0.15, 0.2) is 48.5 Å². The van der Waals surface area contributed by atoms with E-state index in [1.165, 1.54) is 0 Å². The highest BCUT2D eigenvalue weighted by atomic mass is 16.5. The van der Waals surface area contributed by atoms with Crippen LogP contribution in [-0.2, 0) is 6.73 Å². The second kappa shape index (κ2) is 4.25. The first-order valence-corrected chi connectivity index (χ1v) is 5.30. The molecular formula is C13H10N3O. The minimum Gasteiger partial charge on any atom is -0.471 e. The Balaban J connectivity index is 1.82. The standard InChI is InChI=1S/C13H10N3O/c1-2-6-11(7-3-1)17-10-16-13-9-5-4-8-12(13)14-15-16/h1-2,4-9H,10H2. The minimum absolute atomic E-state index is 0.346. The lowest BCUT2D eigenvalue weighted by atomic mass is 10.3. The Morgan fingerprint density at radius 1 is 1.18 bits per heavy atom. The molecule has 0 aliphatic heterocycles. The van der Waals surface area contributed by atoms with E-state index in [0.29, 0.717) is 6.73 Å². The van der Waals surface area contributed by atoms with Crippen LogP contribution in [-0.4, -0.2) is 15.0 Å². The van der Waals surface area contributed by atoms with Crippen LogP contribution in [0.2, 0.25) is 0 Å². The summed E-state index contributed by atoms with van der Waals surface area (Å²) in [6.07, 6.45) is 0. The highest BCUT2D eigenvalue weighted by molar-refractivity contribution is 5.73. The number of rotatable bonds is 3. The van der Waals surface area contributed by atoms with Crippen LogP contribution in [0.1, 0.15) is 0 Å². The van der Waals surface area contributed by atoms with Crippen LogP contribution in [0.25, 0.3) is 11.0 Å². The van der Waals surface area contributed by atoms with E-state index in [1.54, 1.807) is 10.7 Å². The summed E-state index contributed by atoms with van der Waals surface area (Å²) in [5, 5.41) is 8.10. The van der Waals surface area contributed by atoms with Crippen molar-refractivity contribution in [3.63, 3.8) is 0 Å². The van der Waals surface area contributed by atoms with E-state index in [1.807, 2.05) is 42.5 Å². The molecule has 83 valence electrons. The summed E-state index contributed by atoms with van der Waals surface area (Å²) in [7, 11) is 0. The number of benzene rings is 2. The second-order valence-electron chi connectivity index (χ2n) is 3.59. The average Bonchev–Trinajstić information content (AvgIpc) is 2.81. The lowest BCUT2D eigenvalue weighted by molar-refractivity contribution is 0.223. The number of para-hydroxylation sites is 1. The molecule has 0 bridgehead atoms. The van der Waals surface area contributed by atoms with Gasteiger partial charge in [-0.05, 0) is 30.3 Å². The van der Waals surface area contributed by atoms with Gasteiger partial charge in [-0.3, -0.25) is 0 Å². The average molecular weight is 224 g/mol. The molecule has 0 N–H and O–H groups in total. The lowest BCUT2D eigenvalue weighted by Gasteiger charge is -2.05. The minimum atomic E-state index is 0.346. The summed E-state index contributed by atoms with van der Waals surface area (Å²) in [5.41, 5.74) is 1.84. The predicted molar refractivity (Wildman–Crippen MR) is 63.4 cm³/mol. The molecule has 0 amide bonds. The summed E-state index contributed by atoms with van der Waals surface area (Å²) < 4.78 is 7.31. The number of aromatic nitrogens is 3. The predicted octanol–water partition coefficient (Wildman–Crippen LogP) is 2.27. The van der Waals surface area contributed by atoms with Gasteiger partial charge in [-0.25, -0.2) is 4.68 Å². The fraction of sp³-hybridized carbons (Fsp3) is 0.0769. The van der Waals surface area contributed by atoms with Crippen molar-refractivity contribution in [1.29, 1.82) is 0 Å². The smallest absolute Gasteiger partial charge is 0.183 e. The zero-order valence-corrected chi connectivity index (χ0v) is 9.08. The fourth-order valence-electron chi connectivity index (χ4n) is 1.62. The summed E-state index contributed by atoms with van der Waals surface area (Å²) in [6, 6.07) is 18.1. The molecule has 4 nitrogen and oxygen atoms in total. The van der Waals surface area contributed by atoms with Crippen LogP contribution in [0, 0.1) is 6.07 Å². The number of nitrogens with zero attached hydrogens (tertiary/aromatic N) is 3. The number of hydrogen-bond donors (Lipinski definition) is 0. The first-order chi connectivity index (χ1) is 8.43. The topological polar surface area (TPSA) is 39.9 Å². The molecule has 0 atom stereocenters. The Labute approximate surface area is 98.4 Å². The third-order valence-corrected chi connectivity index (χ3v) is 2.45. The fourth-order valence-corrected chi connectivity index (χ4v) is 1.62. The molecule has 17 heavy (non-hydrogen) atoms. The third-order valence-electron chi connectivity index (χ3n) is 2.45. The lowest BCUT2D eigenvalue weighted by Crippen LogP contribution is -2.06. The van der Waals surface area contributed by atoms with E-state index in [0.717, 1.165) is 16.8 Å². The molecule has 3 aromatic rings. The molecule has 2 aromatic carbocycles. The highest BCUT2D eigenvalue weighted by Crippen LogP contribution is 2.12. The largest absolute Gasteiger partial charge is 0.471 e. The third kappa shape index (κ3) is 1.97. The molecule has 3 rings (SSSR count). The van der Waals surface area contributed by atoms with Crippen molar-refractivity contribution < 1.29 is 4.74 Å². The van der Waals surface area contributed by atoms with E-state index in [4.69, 9.17) is 4.74 Å². The molecule has 0 spiro atoms. The molecule has 0 aliphatic rings. The number of ether oxygens (including phenoxy) is 1. The first kappa shape index (κ1) is 9.84. The van der Waals surface area contributed by atoms with Crippen molar-refractivity contribution in [2.24, 2.45) is 0 Å². The van der Waals surface area contributed by atoms with E-state index >= 15 is 0 Å². The van der Waals surface area contributed by atoms with Crippen molar-refractivity contribution in [1.82, 2.24) is 15.0 Å². The van der Waals surface area contributed by atoms with E-state index in [2.05, 4.69) is 16.4 Å². The Kier molecular flexibility index (Phi) is 2.46. The van der Waals surface area contributed by atoms with Gasteiger partial charge in [0.05, 0.1) is 5.52 Å². The summed E-state index contributed by atoms with van der Waals surface area (Å²) in [4.78, 5) is 0. The molecule has 0 aliphatic carbocycles. The van der Waals surface area contributed by atoms with Gasteiger partial charge in [-0.2, -0.15) is 0 Å². The van der Waals surface area contributed by atoms with Crippen LogP contribution >= 0.6 is 0 Å². The molecule has 1 aromatic heterocycles. The summed E-state index contributed by atoms with van der Waals surface area (Å²) in [6.45, 7) is 0.346. The molecule has 0 saturated carbocycles. The van der Waals surface area contributed by atoms with Gasteiger partial charge in [0.15, 0.2) is 6.73 Å². The zero-order chi connectivity index (χ0) is 11.5. The molecule has 0 unspecified atom stereocenters. The number of fused-ring (bicyclic) bond motifs is 1. The molecule has 0 saturated heterocycles. The van der Waals surface area contributed by atoms with Gasteiger partial charge in [0.2, 0.25) is 0 Å². The van der Waals surface area contributed by atoms with Crippen LogP contribution in [0.3, 0.4) is 0 Å². The normalized spacial score (nSPS) is 10.6. The zero-order valence-electron chi connectivity index (χ0n) is 9.08. The van der Waals surface area contributed by atoms with Gasteiger partial charge in [-0.15, -0.1) is 5.10 Å². The van der Waals surface area contributed by atoms with E-state index in [9.17, 15) is 0 Å². The van der Waals surface area contributed by atoms with Crippen LogP contribution in [0.4, 0.5) is 0 Å². The van der Waals surface area contributed by atoms with Gasteiger partial charge < -0.3 is 4.74 Å². The van der Waals surface area contributed by atoms with Gasteiger partial charge in [0, 0.05) is 0 Å².